The fraction of sp³-hybridized carbons (Fsp3) is 0.250. The Hall–Kier alpha value is -1.43. The molecule has 0 aliphatic rings. The minimum Gasteiger partial charge on any atom is -0.490 e. The van der Waals surface area contributed by atoms with Gasteiger partial charge in [0.2, 0.25) is 5.82 Å². The average molecular weight is 317 g/mol. The van der Waals surface area contributed by atoms with E-state index in [1.807, 2.05) is 13.1 Å². The summed E-state index contributed by atoms with van der Waals surface area (Å²) in [6, 6.07) is 4.31. The van der Waals surface area contributed by atoms with E-state index in [2.05, 4.69) is 21.0 Å². The lowest BCUT2D eigenvalue weighted by molar-refractivity contribution is 0.296. The van der Waals surface area contributed by atoms with Gasteiger partial charge in [-0.15, -0.1) is 0 Å². The monoisotopic (exact) mass is 316 g/mol. The van der Waals surface area contributed by atoms with Crippen LogP contribution in [-0.4, -0.2) is 16.4 Å². The smallest absolute Gasteiger partial charge is 0.200 e. The Labute approximate surface area is 112 Å². The van der Waals surface area contributed by atoms with Gasteiger partial charge < -0.3 is 4.74 Å². The molecule has 2 rings (SSSR count). The molecule has 0 atom stereocenters. The van der Waals surface area contributed by atoms with Gasteiger partial charge in [0, 0.05) is 29.8 Å². The fourth-order valence-corrected chi connectivity index (χ4v) is 1.96. The summed E-state index contributed by atoms with van der Waals surface area (Å²) in [5, 5.41) is 4.01. The van der Waals surface area contributed by atoms with Crippen molar-refractivity contribution in [3.05, 3.63) is 46.2 Å². The highest BCUT2D eigenvalue weighted by Gasteiger charge is 2.11. The van der Waals surface area contributed by atoms with E-state index in [1.165, 1.54) is 6.07 Å². The van der Waals surface area contributed by atoms with Crippen LogP contribution in [0.15, 0.2) is 28.9 Å². The first-order chi connectivity index (χ1) is 8.58. The molecule has 1 aromatic carbocycles. The van der Waals surface area contributed by atoms with Gasteiger partial charge in [0.15, 0.2) is 11.6 Å². The van der Waals surface area contributed by atoms with Crippen LogP contribution in [0, 0.1) is 11.6 Å². The fourth-order valence-electron chi connectivity index (χ4n) is 1.55. The van der Waals surface area contributed by atoms with E-state index in [-0.39, 0.29) is 12.4 Å². The Morgan fingerprint density at radius 2 is 2.17 bits per heavy atom. The van der Waals surface area contributed by atoms with E-state index in [9.17, 15) is 8.78 Å². The molecule has 0 saturated heterocycles. The van der Waals surface area contributed by atoms with Crippen LogP contribution in [0.1, 0.15) is 5.69 Å². The normalized spacial score (nSPS) is 10.7. The van der Waals surface area contributed by atoms with Gasteiger partial charge in [0.25, 0.3) is 0 Å². The van der Waals surface area contributed by atoms with Gasteiger partial charge in [-0.3, -0.25) is 4.68 Å². The Kier molecular flexibility index (Phi) is 3.96. The van der Waals surface area contributed by atoms with Crippen molar-refractivity contribution in [3.8, 4) is 5.75 Å². The second kappa shape index (κ2) is 5.48. The third kappa shape index (κ3) is 2.87. The molecule has 0 bridgehead atoms. The highest BCUT2D eigenvalue weighted by molar-refractivity contribution is 9.10. The van der Waals surface area contributed by atoms with Gasteiger partial charge in [-0.1, -0.05) is 15.9 Å². The molecule has 3 nitrogen and oxygen atoms in total. The molecule has 0 N–H and O–H groups in total. The quantitative estimate of drug-likeness (QED) is 0.810. The molecule has 0 saturated carbocycles. The summed E-state index contributed by atoms with van der Waals surface area (Å²) in [6.45, 7) is 0.256. The summed E-state index contributed by atoms with van der Waals surface area (Å²) in [5.74, 6) is -1.99. The summed E-state index contributed by atoms with van der Waals surface area (Å²) < 4.78 is 33.9. The first kappa shape index (κ1) is 13.0. The lowest BCUT2D eigenvalue weighted by atomic mass is 10.3. The molecule has 18 heavy (non-hydrogen) atoms. The number of aromatic nitrogens is 2. The molecule has 2 aromatic rings. The highest BCUT2D eigenvalue weighted by atomic mass is 79.9. The predicted molar refractivity (Wildman–Crippen MR) is 66.5 cm³/mol. The van der Waals surface area contributed by atoms with Crippen LogP contribution in [0.3, 0.4) is 0 Å². The second-order valence-corrected chi connectivity index (χ2v) is 4.66. The van der Waals surface area contributed by atoms with E-state index in [4.69, 9.17) is 4.74 Å². The topological polar surface area (TPSA) is 27.1 Å². The van der Waals surface area contributed by atoms with Crippen LogP contribution in [0.2, 0.25) is 0 Å². The van der Waals surface area contributed by atoms with Gasteiger partial charge >= 0.3 is 0 Å². The minimum atomic E-state index is -0.969. The SMILES string of the molecule is Cn1nccc1CCOc1cc(Br)cc(F)c1F. The van der Waals surface area contributed by atoms with Crippen LogP contribution in [0.5, 0.6) is 5.75 Å². The Bertz CT molecular complexity index is 557. The number of benzene rings is 1. The summed E-state index contributed by atoms with van der Waals surface area (Å²) >= 11 is 3.09. The summed E-state index contributed by atoms with van der Waals surface area (Å²) in [5.41, 5.74) is 0.964. The van der Waals surface area contributed by atoms with Gasteiger partial charge in [0.05, 0.1) is 6.61 Å². The van der Waals surface area contributed by atoms with Crippen LogP contribution < -0.4 is 4.74 Å². The van der Waals surface area contributed by atoms with E-state index < -0.39 is 11.6 Å². The van der Waals surface area contributed by atoms with Crippen LogP contribution >= 0.6 is 15.9 Å². The van der Waals surface area contributed by atoms with Crippen LogP contribution in [-0.2, 0) is 13.5 Å². The van der Waals surface area contributed by atoms with Crippen molar-refractivity contribution in [2.45, 2.75) is 6.42 Å². The van der Waals surface area contributed by atoms with Gasteiger partial charge in [0.1, 0.15) is 0 Å². The molecule has 0 radical (unpaired) electrons. The van der Waals surface area contributed by atoms with Crippen molar-refractivity contribution in [1.29, 1.82) is 0 Å². The molecule has 0 amide bonds. The first-order valence-electron chi connectivity index (χ1n) is 5.32. The number of aryl methyl sites for hydroxylation is 1. The number of ether oxygens (including phenoxy) is 1. The predicted octanol–water partition coefficient (Wildman–Crippen LogP) is 3.08. The van der Waals surface area contributed by atoms with Crippen LogP contribution in [0.4, 0.5) is 8.78 Å². The molecule has 6 heteroatoms. The van der Waals surface area contributed by atoms with Crippen molar-refractivity contribution >= 4 is 15.9 Å². The standard InChI is InChI=1S/C12H11BrF2N2O/c1-17-9(2-4-16-17)3-5-18-11-7-8(13)6-10(14)12(11)15/h2,4,6-7H,3,5H2,1H3. The molecular formula is C12H11BrF2N2O. The van der Waals surface area contributed by atoms with Gasteiger partial charge in [-0.2, -0.15) is 9.49 Å². The van der Waals surface area contributed by atoms with Crippen molar-refractivity contribution in [2.24, 2.45) is 7.05 Å². The lowest BCUT2D eigenvalue weighted by Crippen LogP contribution is -2.07. The van der Waals surface area contributed by atoms with Gasteiger partial charge in [-0.25, -0.2) is 4.39 Å². The largest absolute Gasteiger partial charge is 0.490 e. The molecular weight excluding hydrogens is 306 g/mol. The van der Waals surface area contributed by atoms with Crippen molar-refractivity contribution in [3.63, 3.8) is 0 Å². The number of halogens is 3. The molecule has 0 unspecified atom stereocenters. The molecule has 0 fully saturated rings. The molecule has 96 valence electrons. The maximum atomic E-state index is 13.4. The lowest BCUT2D eigenvalue weighted by Gasteiger charge is -2.08. The maximum Gasteiger partial charge on any atom is 0.200 e. The molecule has 0 aliphatic heterocycles. The minimum absolute atomic E-state index is 0.0935. The van der Waals surface area contributed by atoms with E-state index in [0.29, 0.717) is 10.9 Å². The Morgan fingerprint density at radius 1 is 1.39 bits per heavy atom. The molecule has 0 aliphatic carbocycles. The van der Waals surface area contributed by atoms with E-state index in [0.717, 1.165) is 11.8 Å². The molecule has 0 spiro atoms. The zero-order valence-electron chi connectivity index (χ0n) is 9.66. The van der Waals surface area contributed by atoms with Crippen molar-refractivity contribution in [1.82, 2.24) is 9.78 Å². The first-order valence-corrected chi connectivity index (χ1v) is 6.11. The summed E-state index contributed by atoms with van der Waals surface area (Å²) in [4.78, 5) is 0. The van der Waals surface area contributed by atoms with E-state index in [1.54, 1.807) is 10.9 Å². The summed E-state index contributed by atoms with van der Waals surface area (Å²) in [6.07, 6.45) is 2.25. The molecule has 1 heterocycles. The van der Waals surface area contributed by atoms with Crippen LogP contribution in [0.25, 0.3) is 0 Å². The van der Waals surface area contributed by atoms with E-state index >= 15 is 0 Å². The summed E-state index contributed by atoms with van der Waals surface area (Å²) in [7, 11) is 1.81. The third-order valence-corrected chi connectivity index (χ3v) is 2.96. The number of rotatable bonds is 4. The zero-order chi connectivity index (χ0) is 13.1. The zero-order valence-corrected chi connectivity index (χ0v) is 11.2. The Morgan fingerprint density at radius 3 is 2.83 bits per heavy atom. The number of hydrogen-bond acceptors (Lipinski definition) is 2. The van der Waals surface area contributed by atoms with Crippen molar-refractivity contribution < 1.29 is 13.5 Å². The van der Waals surface area contributed by atoms with Gasteiger partial charge in [-0.05, 0) is 18.2 Å². The number of nitrogens with zero attached hydrogens (tertiary/aromatic N) is 2. The number of hydrogen-bond donors (Lipinski definition) is 0. The highest BCUT2D eigenvalue weighted by Crippen LogP contribution is 2.25. The third-order valence-electron chi connectivity index (χ3n) is 2.50. The second-order valence-electron chi connectivity index (χ2n) is 3.74. The molecule has 1 aromatic heterocycles. The van der Waals surface area contributed by atoms with Crippen molar-refractivity contribution in [2.75, 3.05) is 6.61 Å². The average Bonchev–Trinajstić information content (AvgIpc) is 2.71. The maximum absolute atomic E-state index is 13.4. The Balaban J connectivity index is 2.01.